The van der Waals surface area contributed by atoms with Gasteiger partial charge in [0.25, 0.3) is 8.32 Å². The summed E-state index contributed by atoms with van der Waals surface area (Å²) in [5.74, 6) is -0.612. The van der Waals surface area contributed by atoms with E-state index in [1.165, 1.54) is 6.07 Å². The summed E-state index contributed by atoms with van der Waals surface area (Å²) in [6.45, 7) is 10.5. The summed E-state index contributed by atoms with van der Waals surface area (Å²) in [4.78, 5) is 11.2. The van der Waals surface area contributed by atoms with Gasteiger partial charge in [-0.05, 0) is 36.3 Å². The number of hydrogen-bond donors (Lipinski definition) is 2. The average molecular weight is 267 g/mol. The summed E-state index contributed by atoms with van der Waals surface area (Å²) in [6, 6.07) is 4.74. The van der Waals surface area contributed by atoms with E-state index in [1.807, 2.05) is 0 Å². The Morgan fingerprint density at radius 3 is 2.33 bits per heavy atom. The molecule has 5 heteroatoms. The van der Waals surface area contributed by atoms with Crippen LogP contribution in [0.15, 0.2) is 18.2 Å². The zero-order chi connectivity index (χ0) is 14.1. The van der Waals surface area contributed by atoms with Crippen molar-refractivity contribution in [1.82, 2.24) is 0 Å². The molecule has 1 aromatic carbocycles. The lowest BCUT2D eigenvalue weighted by Gasteiger charge is -2.36. The van der Waals surface area contributed by atoms with Crippen LogP contribution in [-0.4, -0.2) is 19.4 Å². The number of carboxylic acid groups (broad SMARTS) is 1. The summed E-state index contributed by atoms with van der Waals surface area (Å²) in [5, 5.41) is 9.19. The minimum absolute atomic E-state index is 0.0180. The van der Waals surface area contributed by atoms with Gasteiger partial charge in [-0.15, -0.1) is 0 Å². The molecule has 0 saturated heterocycles. The molecule has 0 saturated carbocycles. The van der Waals surface area contributed by atoms with Gasteiger partial charge in [0.1, 0.15) is 11.3 Å². The van der Waals surface area contributed by atoms with Crippen LogP contribution in [0.5, 0.6) is 5.75 Å². The summed E-state index contributed by atoms with van der Waals surface area (Å²) in [5.41, 5.74) is 6.16. The second-order valence-corrected chi connectivity index (χ2v) is 10.6. The van der Waals surface area contributed by atoms with E-state index in [9.17, 15) is 4.79 Å². The Morgan fingerprint density at radius 2 is 1.89 bits per heavy atom. The first-order valence-electron chi connectivity index (χ1n) is 5.86. The molecule has 0 atom stereocenters. The van der Waals surface area contributed by atoms with E-state index in [4.69, 9.17) is 15.3 Å². The van der Waals surface area contributed by atoms with Crippen molar-refractivity contribution in [3.63, 3.8) is 0 Å². The van der Waals surface area contributed by atoms with Crippen LogP contribution in [0.2, 0.25) is 18.1 Å². The quantitative estimate of drug-likeness (QED) is 0.650. The van der Waals surface area contributed by atoms with E-state index in [1.54, 1.807) is 12.1 Å². The van der Waals surface area contributed by atoms with Crippen molar-refractivity contribution < 1.29 is 14.3 Å². The van der Waals surface area contributed by atoms with Gasteiger partial charge < -0.3 is 15.3 Å². The minimum atomic E-state index is -2.04. The first-order chi connectivity index (χ1) is 8.04. The second kappa shape index (κ2) is 4.64. The van der Waals surface area contributed by atoms with Crippen LogP contribution in [0.4, 0.5) is 5.69 Å². The third-order valence-corrected chi connectivity index (χ3v) is 7.75. The maximum Gasteiger partial charge on any atom is 0.339 e. The molecule has 0 spiro atoms. The van der Waals surface area contributed by atoms with E-state index in [-0.39, 0.29) is 10.6 Å². The van der Waals surface area contributed by atoms with Gasteiger partial charge in [-0.2, -0.15) is 0 Å². The van der Waals surface area contributed by atoms with Gasteiger partial charge in [0, 0.05) is 5.69 Å². The molecule has 0 unspecified atom stereocenters. The zero-order valence-corrected chi connectivity index (χ0v) is 12.6. The summed E-state index contributed by atoms with van der Waals surface area (Å²) in [6.07, 6.45) is 0. The van der Waals surface area contributed by atoms with E-state index >= 15 is 0 Å². The first-order valence-corrected chi connectivity index (χ1v) is 8.77. The molecule has 0 aliphatic rings. The normalized spacial score (nSPS) is 12.3. The van der Waals surface area contributed by atoms with Crippen molar-refractivity contribution in [2.75, 3.05) is 5.73 Å². The molecule has 1 aromatic rings. The maximum atomic E-state index is 11.2. The van der Waals surface area contributed by atoms with Gasteiger partial charge in [0.2, 0.25) is 0 Å². The number of carboxylic acids is 1. The number of nitrogens with two attached hydrogens (primary N) is 1. The SMILES string of the molecule is CC(C)(C)[Si](C)(C)Oc1ccc(N)cc1C(=O)O. The standard InChI is InChI=1S/C13H21NO3Si/c1-13(2,3)18(4,5)17-11-7-6-9(14)8-10(11)12(15)16/h6-8H,14H2,1-5H3,(H,15,16). The molecule has 0 bridgehead atoms. The molecule has 0 radical (unpaired) electrons. The topological polar surface area (TPSA) is 72.5 Å². The van der Waals surface area contributed by atoms with Gasteiger partial charge in [-0.1, -0.05) is 20.8 Å². The van der Waals surface area contributed by atoms with E-state index in [2.05, 4.69) is 33.9 Å². The Kier molecular flexibility index (Phi) is 3.76. The van der Waals surface area contributed by atoms with Gasteiger partial charge in [0.05, 0.1) is 0 Å². The van der Waals surface area contributed by atoms with E-state index in [0.717, 1.165) is 0 Å². The fourth-order valence-corrected chi connectivity index (χ4v) is 2.27. The lowest BCUT2D eigenvalue weighted by atomic mass is 10.2. The Balaban J connectivity index is 3.16. The molecule has 4 nitrogen and oxygen atoms in total. The second-order valence-electron chi connectivity index (χ2n) is 5.92. The molecule has 0 aliphatic carbocycles. The number of hydrogen-bond acceptors (Lipinski definition) is 3. The predicted molar refractivity (Wildman–Crippen MR) is 75.6 cm³/mol. The van der Waals surface area contributed by atoms with Gasteiger partial charge in [-0.25, -0.2) is 4.79 Å². The number of aromatic carboxylic acids is 1. The van der Waals surface area contributed by atoms with Crippen LogP contribution in [-0.2, 0) is 0 Å². The van der Waals surface area contributed by atoms with E-state index < -0.39 is 14.3 Å². The molecule has 100 valence electrons. The van der Waals surface area contributed by atoms with Crippen LogP contribution in [0.1, 0.15) is 31.1 Å². The Morgan fingerprint density at radius 1 is 1.33 bits per heavy atom. The predicted octanol–water partition coefficient (Wildman–Crippen LogP) is 3.35. The fraction of sp³-hybridized carbons (Fsp3) is 0.462. The lowest BCUT2D eigenvalue weighted by Crippen LogP contribution is -2.44. The minimum Gasteiger partial charge on any atom is -0.543 e. The zero-order valence-electron chi connectivity index (χ0n) is 11.6. The van der Waals surface area contributed by atoms with Crippen molar-refractivity contribution in [2.24, 2.45) is 0 Å². The maximum absolute atomic E-state index is 11.2. The first kappa shape index (κ1) is 14.6. The number of anilines is 1. The van der Waals surface area contributed by atoms with Crippen LogP contribution in [0.25, 0.3) is 0 Å². The molecule has 1 rings (SSSR count). The van der Waals surface area contributed by atoms with Crippen LogP contribution in [0.3, 0.4) is 0 Å². The van der Waals surface area contributed by atoms with Crippen molar-refractivity contribution in [2.45, 2.75) is 38.9 Å². The average Bonchev–Trinajstić information content (AvgIpc) is 2.18. The molecule has 18 heavy (non-hydrogen) atoms. The largest absolute Gasteiger partial charge is 0.543 e. The number of rotatable bonds is 3. The molecular weight excluding hydrogens is 246 g/mol. The monoisotopic (exact) mass is 267 g/mol. The highest BCUT2D eigenvalue weighted by molar-refractivity contribution is 6.74. The van der Waals surface area contributed by atoms with Crippen molar-refractivity contribution in [3.05, 3.63) is 23.8 Å². The highest BCUT2D eigenvalue weighted by Crippen LogP contribution is 2.38. The van der Waals surface area contributed by atoms with Gasteiger partial charge >= 0.3 is 5.97 Å². The fourth-order valence-electron chi connectivity index (χ4n) is 1.23. The molecule has 3 N–H and O–H groups in total. The van der Waals surface area contributed by atoms with Crippen LogP contribution in [0, 0.1) is 0 Å². The highest BCUT2D eigenvalue weighted by Gasteiger charge is 2.39. The number of carbonyl (C=O) groups is 1. The van der Waals surface area contributed by atoms with Crippen LogP contribution < -0.4 is 10.2 Å². The van der Waals surface area contributed by atoms with Gasteiger partial charge in [0.15, 0.2) is 0 Å². The third kappa shape index (κ3) is 3.04. The Bertz CT molecular complexity index is 464. The molecule has 0 fully saturated rings. The molecular formula is C13H21NO3Si. The Labute approximate surface area is 109 Å². The molecule has 0 aliphatic heterocycles. The molecule has 0 aromatic heterocycles. The van der Waals surface area contributed by atoms with Gasteiger partial charge in [-0.3, -0.25) is 0 Å². The molecule has 0 heterocycles. The lowest BCUT2D eigenvalue weighted by molar-refractivity contribution is 0.0694. The smallest absolute Gasteiger partial charge is 0.339 e. The Hall–Kier alpha value is -1.49. The van der Waals surface area contributed by atoms with Crippen molar-refractivity contribution in [1.29, 1.82) is 0 Å². The third-order valence-electron chi connectivity index (χ3n) is 3.41. The number of nitrogen functional groups attached to an aromatic ring is 1. The van der Waals surface area contributed by atoms with Crippen LogP contribution >= 0.6 is 0 Å². The number of benzene rings is 1. The van der Waals surface area contributed by atoms with E-state index in [0.29, 0.717) is 11.4 Å². The van der Waals surface area contributed by atoms with Crippen molar-refractivity contribution >= 4 is 20.0 Å². The summed E-state index contributed by atoms with van der Waals surface area (Å²) >= 11 is 0. The van der Waals surface area contributed by atoms with Crippen molar-refractivity contribution in [3.8, 4) is 5.75 Å². The molecule has 0 amide bonds. The summed E-state index contributed by atoms with van der Waals surface area (Å²) < 4.78 is 6.02. The highest BCUT2D eigenvalue weighted by atomic mass is 28.4. The summed E-state index contributed by atoms with van der Waals surface area (Å²) in [7, 11) is -2.04.